The van der Waals surface area contributed by atoms with Gasteiger partial charge >= 0.3 is 23.9 Å². The van der Waals surface area contributed by atoms with Gasteiger partial charge in [0.05, 0.1) is 0 Å². The quantitative estimate of drug-likeness (QED) is 0.518. The predicted molar refractivity (Wildman–Crippen MR) is 99.5 cm³/mol. The van der Waals surface area contributed by atoms with Crippen molar-refractivity contribution in [1.29, 1.82) is 0 Å². The van der Waals surface area contributed by atoms with Gasteiger partial charge in [0.1, 0.15) is 12.2 Å². The maximum atomic E-state index is 11.6. The molecule has 2 aliphatic carbocycles. The lowest BCUT2D eigenvalue weighted by Gasteiger charge is -2.21. The van der Waals surface area contributed by atoms with Crippen molar-refractivity contribution in [3.05, 3.63) is 24.3 Å². The minimum absolute atomic E-state index is 0.0234. The second-order valence-electron chi connectivity index (χ2n) is 6.74. The van der Waals surface area contributed by atoms with Gasteiger partial charge in [-0.1, -0.05) is 12.8 Å². The molecule has 0 spiro atoms. The zero-order valence-electron chi connectivity index (χ0n) is 15.9. The van der Waals surface area contributed by atoms with Crippen LogP contribution in [0.4, 0.5) is 0 Å². The van der Waals surface area contributed by atoms with E-state index < -0.39 is 23.9 Å². The highest BCUT2D eigenvalue weighted by Gasteiger charge is 2.18. The van der Waals surface area contributed by atoms with Gasteiger partial charge < -0.3 is 19.7 Å². The highest BCUT2D eigenvalue weighted by molar-refractivity contribution is 5.91. The van der Waals surface area contributed by atoms with Gasteiger partial charge in [-0.15, -0.1) is 0 Å². The monoisotopic (exact) mass is 396 g/mol. The van der Waals surface area contributed by atoms with Crippen LogP contribution in [-0.2, 0) is 28.7 Å². The van der Waals surface area contributed by atoms with Crippen molar-refractivity contribution in [2.75, 3.05) is 0 Å². The first kappa shape index (κ1) is 23.4. The molecule has 0 heterocycles. The third-order valence-electron chi connectivity index (χ3n) is 4.39. The smallest absolute Gasteiger partial charge is 0.331 e. The third-order valence-corrected chi connectivity index (χ3v) is 4.39. The summed E-state index contributed by atoms with van der Waals surface area (Å²) in [6.07, 6.45) is 14.2. The number of aliphatic carboxylic acids is 2. The molecule has 2 N–H and O–H groups in total. The summed E-state index contributed by atoms with van der Waals surface area (Å²) in [6, 6.07) is 0. The molecule has 8 heteroatoms. The van der Waals surface area contributed by atoms with Gasteiger partial charge in [0.2, 0.25) is 0 Å². The first-order valence-corrected chi connectivity index (χ1v) is 9.60. The van der Waals surface area contributed by atoms with E-state index in [1.807, 2.05) is 0 Å². The number of carboxylic acids is 2. The SMILES string of the molecule is O=C(/C=C\C(=O)OC1CCCCC1)OC1CCCCC1.O=C(O)/C=C/C(=O)O. The second-order valence-corrected chi connectivity index (χ2v) is 6.74. The molecule has 0 saturated heterocycles. The van der Waals surface area contributed by atoms with Gasteiger partial charge in [0, 0.05) is 24.3 Å². The molecule has 0 atom stereocenters. The van der Waals surface area contributed by atoms with E-state index in [1.54, 1.807) is 0 Å². The molecule has 0 aromatic carbocycles. The van der Waals surface area contributed by atoms with Gasteiger partial charge in [-0.2, -0.15) is 0 Å². The molecule has 0 aliphatic heterocycles. The highest BCUT2D eigenvalue weighted by Crippen LogP contribution is 2.21. The van der Waals surface area contributed by atoms with Gasteiger partial charge in [-0.3, -0.25) is 0 Å². The van der Waals surface area contributed by atoms with Crippen LogP contribution in [0.3, 0.4) is 0 Å². The number of carbonyl (C=O) groups is 4. The average Bonchev–Trinajstić information content (AvgIpc) is 2.67. The molecule has 28 heavy (non-hydrogen) atoms. The van der Waals surface area contributed by atoms with Crippen LogP contribution in [0.2, 0.25) is 0 Å². The average molecular weight is 396 g/mol. The van der Waals surface area contributed by atoms with Crippen LogP contribution in [-0.4, -0.2) is 46.3 Å². The summed E-state index contributed by atoms with van der Waals surface area (Å²) in [4.78, 5) is 42.3. The lowest BCUT2D eigenvalue weighted by atomic mass is 9.98. The number of ether oxygens (including phenoxy) is 2. The topological polar surface area (TPSA) is 127 Å². The Morgan fingerprint density at radius 1 is 0.571 bits per heavy atom. The van der Waals surface area contributed by atoms with Crippen LogP contribution in [0, 0.1) is 0 Å². The molecule has 0 aromatic rings. The number of rotatable bonds is 6. The van der Waals surface area contributed by atoms with Gasteiger partial charge in [0.15, 0.2) is 0 Å². The van der Waals surface area contributed by atoms with Crippen LogP contribution in [0.1, 0.15) is 64.2 Å². The molecule has 2 aliphatic rings. The summed E-state index contributed by atoms with van der Waals surface area (Å²) in [5.74, 6) is -3.38. The zero-order chi connectivity index (χ0) is 20.8. The van der Waals surface area contributed by atoms with Crippen molar-refractivity contribution in [3.8, 4) is 0 Å². The van der Waals surface area contributed by atoms with Crippen molar-refractivity contribution in [3.63, 3.8) is 0 Å². The number of esters is 2. The fourth-order valence-corrected chi connectivity index (χ4v) is 3.05. The first-order chi connectivity index (χ1) is 13.4. The normalized spacial score (nSPS) is 18.3. The summed E-state index contributed by atoms with van der Waals surface area (Å²) in [7, 11) is 0. The summed E-state index contributed by atoms with van der Waals surface area (Å²) >= 11 is 0. The third kappa shape index (κ3) is 11.9. The fraction of sp³-hybridized carbons (Fsp3) is 0.600. The van der Waals surface area contributed by atoms with E-state index in [4.69, 9.17) is 19.7 Å². The number of carboxylic acid groups (broad SMARTS) is 2. The van der Waals surface area contributed by atoms with E-state index in [1.165, 1.54) is 25.0 Å². The lowest BCUT2D eigenvalue weighted by molar-refractivity contribution is -0.147. The predicted octanol–water partition coefficient (Wildman–Crippen LogP) is 3.01. The Bertz CT molecular complexity index is 531. The van der Waals surface area contributed by atoms with E-state index in [9.17, 15) is 19.2 Å². The van der Waals surface area contributed by atoms with Crippen molar-refractivity contribution in [1.82, 2.24) is 0 Å². The van der Waals surface area contributed by atoms with E-state index in [-0.39, 0.29) is 12.2 Å². The first-order valence-electron chi connectivity index (χ1n) is 9.60. The van der Waals surface area contributed by atoms with Crippen LogP contribution in [0.5, 0.6) is 0 Å². The van der Waals surface area contributed by atoms with Gasteiger partial charge in [-0.05, 0) is 51.4 Å². The maximum absolute atomic E-state index is 11.6. The standard InChI is InChI=1S/C16H24O4.C4H4O4/c17-15(19-13-7-3-1-4-8-13)11-12-16(18)20-14-9-5-2-6-10-14;5-3(6)1-2-4(7)8/h11-14H,1-10H2;1-2H,(H,5,6)(H,7,8)/b12-11-;2-1+. The van der Waals surface area contributed by atoms with Crippen molar-refractivity contribution >= 4 is 23.9 Å². The summed E-state index contributed by atoms with van der Waals surface area (Å²) in [6.45, 7) is 0. The molecule has 0 radical (unpaired) electrons. The Labute approximate surface area is 164 Å². The fourth-order valence-electron chi connectivity index (χ4n) is 3.05. The minimum atomic E-state index is -1.26. The minimum Gasteiger partial charge on any atom is -0.478 e. The lowest BCUT2D eigenvalue weighted by Crippen LogP contribution is -2.21. The van der Waals surface area contributed by atoms with E-state index in [0.29, 0.717) is 12.2 Å². The molecule has 0 unspecified atom stereocenters. The van der Waals surface area contributed by atoms with E-state index in [2.05, 4.69) is 0 Å². The number of carbonyl (C=O) groups excluding carboxylic acids is 2. The molecule has 2 saturated carbocycles. The maximum Gasteiger partial charge on any atom is 0.331 e. The van der Waals surface area contributed by atoms with Crippen LogP contribution >= 0.6 is 0 Å². The Balaban J connectivity index is 0.000000416. The molecule has 0 amide bonds. The molecule has 0 bridgehead atoms. The Hall–Kier alpha value is -2.64. The highest BCUT2D eigenvalue weighted by atomic mass is 16.5. The summed E-state index contributed by atoms with van der Waals surface area (Å²) in [5.41, 5.74) is 0. The van der Waals surface area contributed by atoms with Gasteiger partial charge in [-0.25, -0.2) is 19.2 Å². The van der Waals surface area contributed by atoms with Crippen molar-refractivity contribution < 1.29 is 38.9 Å². The largest absolute Gasteiger partial charge is 0.478 e. The number of hydrogen-bond donors (Lipinski definition) is 2. The summed E-state index contributed by atoms with van der Waals surface area (Å²) < 4.78 is 10.6. The van der Waals surface area contributed by atoms with Crippen LogP contribution in [0.25, 0.3) is 0 Å². The summed E-state index contributed by atoms with van der Waals surface area (Å²) in [5, 5.41) is 15.6. The van der Waals surface area contributed by atoms with Gasteiger partial charge in [0.25, 0.3) is 0 Å². The Morgan fingerprint density at radius 2 is 0.893 bits per heavy atom. The molecule has 2 rings (SSSR count). The molecule has 2 fully saturated rings. The van der Waals surface area contributed by atoms with Crippen LogP contribution in [0.15, 0.2) is 24.3 Å². The second kappa shape index (κ2) is 13.5. The van der Waals surface area contributed by atoms with Crippen molar-refractivity contribution in [2.24, 2.45) is 0 Å². The van der Waals surface area contributed by atoms with Crippen LogP contribution < -0.4 is 0 Å². The van der Waals surface area contributed by atoms with E-state index in [0.717, 1.165) is 51.4 Å². The molecular formula is C20H28O8. The molecule has 0 aromatic heterocycles. The molecular weight excluding hydrogens is 368 g/mol. The molecule has 156 valence electrons. The van der Waals surface area contributed by atoms with E-state index >= 15 is 0 Å². The Kier molecular flexibility index (Phi) is 11.3. The Morgan fingerprint density at radius 3 is 1.18 bits per heavy atom. The molecule has 8 nitrogen and oxygen atoms in total. The zero-order valence-corrected chi connectivity index (χ0v) is 15.9. The van der Waals surface area contributed by atoms with Crippen molar-refractivity contribution in [2.45, 2.75) is 76.4 Å². The number of hydrogen-bond acceptors (Lipinski definition) is 6.